The molecule has 3 aromatic rings. The summed E-state index contributed by atoms with van der Waals surface area (Å²) in [6.45, 7) is 3.92. The van der Waals surface area contributed by atoms with Gasteiger partial charge >= 0.3 is 0 Å². The summed E-state index contributed by atoms with van der Waals surface area (Å²) in [4.78, 5) is 15.5. The Morgan fingerprint density at radius 3 is 2.76 bits per heavy atom. The average Bonchev–Trinajstić information content (AvgIpc) is 3.24. The summed E-state index contributed by atoms with van der Waals surface area (Å²) in [5.41, 5.74) is 8.40. The predicted molar refractivity (Wildman–Crippen MR) is 108 cm³/mol. The third-order valence-corrected chi connectivity index (χ3v) is 4.66. The second-order valence-electron chi connectivity index (χ2n) is 6.33. The van der Waals surface area contributed by atoms with E-state index in [0.29, 0.717) is 23.7 Å². The van der Waals surface area contributed by atoms with Crippen molar-refractivity contribution in [3.8, 4) is 28.6 Å². The van der Waals surface area contributed by atoms with Gasteiger partial charge in [-0.05, 0) is 26.0 Å². The number of aliphatic hydroxyl groups excluding tert-OH is 1. The lowest BCUT2D eigenvalue weighted by Crippen LogP contribution is -2.20. The summed E-state index contributed by atoms with van der Waals surface area (Å²) in [6, 6.07) is 3.41. The number of nitrogens with zero attached hydrogens (tertiary/aromatic N) is 4. The number of hydrogen-bond acceptors (Lipinski definition) is 6. The van der Waals surface area contributed by atoms with Crippen LogP contribution in [0, 0.1) is 13.8 Å². The van der Waals surface area contributed by atoms with Gasteiger partial charge < -0.3 is 20.3 Å². The zero-order valence-corrected chi connectivity index (χ0v) is 17.1. The van der Waals surface area contributed by atoms with E-state index in [4.69, 9.17) is 26.8 Å². The number of amides is 1. The lowest BCUT2D eigenvalue weighted by molar-refractivity contribution is -0.119. The molecule has 9 nitrogen and oxygen atoms in total. The summed E-state index contributed by atoms with van der Waals surface area (Å²) in [6.07, 6.45) is 3.50. The topological polar surface area (TPSA) is 117 Å². The lowest BCUT2D eigenvalue weighted by Gasteiger charge is -2.14. The number of rotatable bonds is 8. The molecule has 154 valence electrons. The van der Waals surface area contributed by atoms with Gasteiger partial charge in [0.1, 0.15) is 5.82 Å². The number of imidazole rings is 1. The SMILES string of the molecule is COc1cc(-c2nccn2-c2c(C)nn(CCO)c2C)cc(Cl)c1OCC(N)=O. The molecule has 0 bridgehead atoms. The van der Waals surface area contributed by atoms with Gasteiger partial charge in [-0.1, -0.05) is 11.6 Å². The number of aliphatic hydroxyl groups is 1. The quantitative estimate of drug-likeness (QED) is 0.575. The highest BCUT2D eigenvalue weighted by molar-refractivity contribution is 6.32. The van der Waals surface area contributed by atoms with Crippen molar-refractivity contribution < 1.29 is 19.4 Å². The van der Waals surface area contributed by atoms with Crippen molar-refractivity contribution in [1.82, 2.24) is 19.3 Å². The van der Waals surface area contributed by atoms with Crippen molar-refractivity contribution in [3.05, 3.63) is 40.9 Å². The molecule has 29 heavy (non-hydrogen) atoms. The molecule has 10 heteroatoms. The van der Waals surface area contributed by atoms with Gasteiger partial charge in [0.05, 0.1) is 42.4 Å². The molecule has 0 saturated heterocycles. The summed E-state index contributed by atoms with van der Waals surface area (Å²) < 4.78 is 14.4. The molecule has 1 aromatic carbocycles. The highest BCUT2D eigenvalue weighted by atomic mass is 35.5. The molecule has 0 saturated carbocycles. The Bertz CT molecular complexity index is 1040. The first kappa shape index (κ1) is 20.7. The molecule has 2 heterocycles. The van der Waals surface area contributed by atoms with Crippen LogP contribution in [0.1, 0.15) is 11.4 Å². The third-order valence-electron chi connectivity index (χ3n) is 4.38. The lowest BCUT2D eigenvalue weighted by atomic mass is 10.1. The van der Waals surface area contributed by atoms with E-state index in [-0.39, 0.29) is 24.0 Å². The maximum atomic E-state index is 11.0. The minimum atomic E-state index is -0.617. The Kier molecular flexibility index (Phi) is 6.09. The molecular formula is C19H22ClN5O4. The molecule has 0 aliphatic heterocycles. The number of halogens is 1. The monoisotopic (exact) mass is 419 g/mol. The van der Waals surface area contributed by atoms with Crippen LogP contribution in [0.2, 0.25) is 5.02 Å². The van der Waals surface area contributed by atoms with E-state index in [1.165, 1.54) is 7.11 Å². The van der Waals surface area contributed by atoms with Crippen LogP contribution in [-0.4, -0.2) is 50.7 Å². The van der Waals surface area contributed by atoms with Gasteiger partial charge in [0.2, 0.25) is 0 Å². The predicted octanol–water partition coefficient (Wildman–Crippen LogP) is 1.87. The van der Waals surface area contributed by atoms with Gasteiger partial charge in [0.15, 0.2) is 18.1 Å². The van der Waals surface area contributed by atoms with Gasteiger partial charge in [0, 0.05) is 18.0 Å². The van der Waals surface area contributed by atoms with Crippen molar-refractivity contribution in [1.29, 1.82) is 0 Å². The second kappa shape index (κ2) is 8.54. The smallest absolute Gasteiger partial charge is 0.255 e. The van der Waals surface area contributed by atoms with Crippen molar-refractivity contribution in [2.75, 3.05) is 20.3 Å². The summed E-state index contributed by atoms with van der Waals surface area (Å²) in [7, 11) is 1.48. The zero-order chi connectivity index (χ0) is 21.1. The van der Waals surface area contributed by atoms with Crippen LogP contribution in [0.15, 0.2) is 24.5 Å². The first-order valence-electron chi connectivity index (χ1n) is 8.85. The Morgan fingerprint density at radius 1 is 1.34 bits per heavy atom. The van der Waals surface area contributed by atoms with Gasteiger partial charge in [-0.2, -0.15) is 5.10 Å². The zero-order valence-electron chi connectivity index (χ0n) is 16.3. The molecule has 3 rings (SSSR count). The summed E-state index contributed by atoms with van der Waals surface area (Å²) in [5.74, 6) is 0.598. The molecular weight excluding hydrogens is 398 g/mol. The van der Waals surface area contributed by atoms with E-state index in [1.807, 2.05) is 24.6 Å². The number of methoxy groups -OCH3 is 1. The second-order valence-corrected chi connectivity index (χ2v) is 6.74. The molecule has 1 amide bonds. The highest BCUT2D eigenvalue weighted by Gasteiger charge is 2.20. The minimum absolute atomic E-state index is 0.00222. The average molecular weight is 420 g/mol. The fourth-order valence-corrected chi connectivity index (χ4v) is 3.44. The number of carbonyl (C=O) groups excluding carboxylic acids is 1. The first-order valence-corrected chi connectivity index (χ1v) is 9.22. The number of benzene rings is 1. The first-order chi connectivity index (χ1) is 13.9. The fourth-order valence-electron chi connectivity index (χ4n) is 3.18. The highest BCUT2D eigenvalue weighted by Crippen LogP contribution is 2.39. The molecule has 3 N–H and O–H groups in total. The van der Waals surface area contributed by atoms with Crippen molar-refractivity contribution >= 4 is 17.5 Å². The molecule has 0 aliphatic rings. The molecule has 0 radical (unpaired) electrons. The fraction of sp³-hybridized carbons (Fsp3) is 0.316. The maximum absolute atomic E-state index is 11.0. The van der Waals surface area contributed by atoms with Crippen LogP contribution in [0.3, 0.4) is 0 Å². The summed E-state index contributed by atoms with van der Waals surface area (Å²) >= 11 is 6.38. The number of ether oxygens (including phenoxy) is 2. The Hall–Kier alpha value is -3.04. The van der Waals surface area contributed by atoms with E-state index in [2.05, 4.69) is 10.1 Å². The van der Waals surface area contributed by atoms with E-state index in [1.54, 1.807) is 23.0 Å². The van der Waals surface area contributed by atoms with E-state index in [0.717, 1.165) is 17.1 Å². The maximum Gasteiger partial charge on any atom is 0.255 e. The molecule has 0 fully saturated rings. The molecule has 0 atom stereocenters. The molecule has 0 unspecified atom stereocenters. The van der Waals surface area contributed by atoms with Crippen LogP contribution < -0.4 is 15.2 Å². The van der Waals surface area contributed by atoms with Gasteiger partial charge in [-0.15, -0.1) is 0 Å². The normalized spacial score (nSPS) is 10.9. The van der Waals surface area contributed by atoms with Gasteiger partial charge in [-0.3, -0.25) is 14.0 Å². The van der Waals surface area contributed by atoms with E-state index < -0.39 is 5.91 Å². The molecule has 0 aliphatic carbocycles. The molecule has 0 spiro atoms. The largest absolute Gasteiger partial charge is 0.493 e. The standard InChI is InChI=1S/C19H22ClN5O4/c1-11-17(12(2)25(23-11)6-7-26)24-5-4-22-19(24)13-8-14(20)18(15(9-13)28-3)29-10-16(21)27/h4-5,8-9,26H,6-7,10H2,1-3H3,(H2,21,27). The Balaban J connectivity index is 2.08. The third kappa shape index (κ3) is 4.06. The molecule has 2 aromatic heterocycles. The van der Waals surface area contributed by atoms with Crippen molar-refractivity contribution in [2.24, 2.45) is 5.73 Å². The number of carbonyl (C=O) groups is 1. The van der Waals surface area contributed by atoms with E-state index in [9.17, 15) is 9.90 Å². The van der Waals surface area contributed by atoms with Gasteiger partial charge in [0.25, 0.3) is 5.91 Å². The van der Waals surface area contributed by atoms with Crippen LogP contribution in [0.4, 0.5) is 0 Å². The Labute approximate surface area is 172 Å². The Morgan fingerprint density at radius 2 is 2.10 bits per heavy atom. The number of aryl methyl sites for hydroxylation is 1. The number of hydrogen-bond donors (Lipinski definition) is 2. The van der Waals surface area contributed by atoms with Gasteiger partial charge in [-0.25, -0.2) is 4.98 Å². The number of aromatic nitrogens is 4. The van der Waals surface area contributed by atoms with Crippen LogP contribution in [0.25, 0.3) is 17.1 Å². The van der Waals surface area contributed by atoms with E-state index >= 15 is 0 Å². The summed E-state index contributed by atoms with van der Waals surface area (Å²) in [5, 5.41) is 14.0. The number of primary amides is 1. The van der Waals surface area contributed by atoms with Crippen molar-refractivity contribution in [3.63, 3.8) is 0 Å². The van der Waals surface area contributed by atoms with Crippen molar-refractivity contribution in [2.45, 2.75) is 20.4 Å². The van der Waals surface area contributed by atoms with Crippen LogP contribution in [0.5, 0.6) is 11.5 Å². The van der Waals surface area contributed by atoms with Crippen LogP contribution >= 0.6 is 11.6 Å². The van der Waals surface area contributed by atoms with Crippen LogP contribution in [-0.2, 0) is 11.3 Å². The minimum Gasteiger partial charge on any atom is -0.493 e. The number of nitrogens with two attached hydrogens (primary N) is 1.